The Labute approximate surface area is 208 Å². The molecule has 33 heavy (non-hydrogen) atoms. The smallest absolute Gasteiger partial charge is 0.289 e. The minimum atomic E-state index is -1.04. The third-order valence-corrected chi connectivity index (χ3v) is 7.19. The molecule has 1 aliphatic heterocycles. The third kappa shape index (κ3) is 6.13. The number of halogens is 1. The van der Waals surface area contributed by atoms with Gasteiger partial charge in [0, 0.05) is 38.5 Å². The average molecular weight is 510 g/mol. The summed E-state index contributed by atoms with van der Waals surface area (Å²) in [5.74, 6) is 0.290. The molecule has 0 atom stereocenters. The Hall–Kier alpha value is -2.43. The Bertz CT molecular complexity index is 1020. The number of piperidine rings is 1. The van der Waals surface area contributed by atoms with Crippen LogP contribution in [-0.4, -0.2) is 64.6 Å². The van der Waals surface area contributed by atoms with Crippen LogP contribution in [0.1, 0.15) is 48.1 Å². The number of hydrogen-bond acceptors (Lipinski definition) is 6. The van der Waals surface area contributed by atoms with Crippen molar-refractivity contribution in [2.24, 2.45) is 0 Å². The maximum atomic E-state index is 13.1. The Balaban J connectivity index is 1.56. The maximum absolute atomic E-state index is 13.1. The number of rotatable bonds is 5. The summed E-state index contributed by atoms with van der Waals surface area (Å²) in [7, 11) is 3.35. The van der Waals surface area contributed by atoms with Crippen molar-refractivity contribution in [3.05, 3.63) is 45.4 Å². The molecule has 8 nitrogen and oxygen atoms in total. The first-order chi connectivity index (χ1) is 15.6. The summed E-state index contributed by atoms with van der Waals surface area (Å²) < 4.78 is 5.95. The van der Waals surface area contributed by atoms with Crippen LogP contribution in [-0.2, 0) is 4.79 Å². The molecule has 2 heterocycles. The van der Waals surface area contributed by atoms with Gasteiger partial charge in [0.05, 0.1) is 10.0 Å². The molecule has 178 valence electrons. The third-order valence-electron chi connectivity index (χ3n) is 5.39. The number of thiocarbonyl (C=S) groups is 1. The molecule has 1 aromatic heterocycles. The molecule has 0 bridgehead atoms. The molecule has 1 fully saturated rings. The average Bonchev–Trinajstić information content (AvgIpc) is 3.30. The van der Waals surface area contributed by atoms with Crippen molar-refractivity contribution < 1.29 is 14.3 Å². The number of aromatic nitrogens is 1. The first-order valence-corrected chi connectivity index (χ1v) is 12.2. The number of nitrogens with zero attached hydrogens (tertiary/aromatic N) is 3. The van der Waals surface area contributed by atoms with Crippen LogP contribution in [0.4, 0.5) is 0 Å². The number of likely N-dealkylation sites (tertiary alicyclic amines) is 1. The first-order valence-electron chi connectivity index (χ1n) is 10.6. The lowest BCUT2D eigenvalue weighted by Gasteiger charge is -2.36. The van der Waals surface area contributed by atoms with Gasteiger partial charge in [0.25, 0.3) is 11.8 Å². The van der Waals surface area contributed by atoms with Crippen molar-refractivity contribution >= 4 is 52.1 Å². The second kappa shape index (κ2) is 10.7. The maximum Gasteiger partial charge on any atom is 0.289 e. The van der Waals surface area contributed by atoms with Crippen molar-refractivity contribution in [2.75, 3.05) is 27.2 Å². The standard InChI is InChI=1S/C22H28ClN5O3S2/c1-22(2,31-17-8-6-5-7-15(17)23)20(30)28-11-9-14(10-12-28)19-25-16(13-33-19)18(29)26-27(4)21(32)24-3/h5-8,13-14H,9-12H2,1-4H3,(H,24,32)(H,26,29). The van der Waals surface area contributed by atoms with Gasteiger partial charge in [-0.25, -0.2) is 4.98 Å². The molecule has 2 amide bonds. The molecule has 1 saturated heterocycles. The van der Waals surface area contributed by atoms with Crippen LogP contribution in [0.2, 0.25) is 5.02 Å². The molecule has 0 unspecified atom stereocenters. The fourth-order valence-electron chi connectivity index (χ4n) is 3.56. The van der Waals surface area contributed by atoms with Gasteiger partial charge in [-0.2, -0.15) is 0 Å². The fourth-order valence-corrected chi connectivity index (χ4v) is 4.76. The van der Waals surface area contributed by atoms with E-state index in [1.54, 1.807) is 45.5 Å². The number of para-hydroxylation sites is 1. The van der Waals surface area contributed by atoms with Gasteiger partial charge in [0.1, 0.15) is 11.4 Å². The van der Waals surface area contributed by atoms with Crippen LogP contribution >= 0.6 is 35.2 Å². The van der Waals surface area contributed by atoms with Crippen molar-refractivity contribution in [1.82, 2.24) is 25.6 Å². The number of carbonyl (C=O) groups is 2. The van der Waals surface area contributed by atoms with E-state index in [-0.39, 0.29) is 17.7 Å². The van der Waals surface area contributed by atoms with Crippen LogP contribution in [0.25, 0.3) is 0 Å². The molecule has 2 N–H and O–H groups in total. The summed E-state index contributed by atoms with van der Waals surface area (Å²) in [5, 5.41) is 7.76. The lowest BCUT2D eigenvalue weighted by atomic mass is 9.96. The Morgan fingerprint density at radius 3 is 2.61 bits per heavy atom. The summed E-state index contributed by atoms with van der Waals surface area (Å²) in [6, 6.07) is 7.13. The highest BCUT2D eigenvalue weighted by Crippen LogP contribution is 2.33. The zero-order chi connectivity index (χ0) is 24.2. The van der Waals surface area contributed by atoms with Gasteiger partial charge in [-0.3, -0.25) is 20.0 Å². The Kier molecular flexibility index (Phi) is 8.14. The number of ether oxygens (including phenoxy) is 1. The lowest BCUT2D eigenvalue weighted by Crippen LogP contribution is -2.51. The highest BCUT2D eigenvalue weighted by Gasteiger charge is 2.37. The van der Waals surface area contributed by atoms with E-state index in [9.17, 15) is 9.59 Å². The summed E-state index contributed by atoms with van der Waals surface area (Å²) >= 11 is 12.7. The summed E-state index contributed by atoms with van der Waals surface area (Å²) in [6.07, 6.45) is 1.54. The number of thiazole rings is 1. The highest BCUT2D eigenvalue weighted by molar-refractivity contribution is 7.80. The van der Waals surface area contributed by atoms with Gasteiger partial charge in [0.2, 0.25) is 0 Å². The monoisotopic (exact) mass is 509 g/mol. The van der Waals surface area contributed by atoms with Gasteiger partial charge in [-0.15, -0.1) is 11.3 Å². The fraction of sp³-hybridized carbons (Fsp3) is 0.455. The van der Waals surface area contributed by atoms with E-state index in [4.69, 9.17) is 28.6 Å². The van der Waals surface area contributed by atoms with Crippen LogP contribution < -0.4 is 15.5 Å². The van der Waals surface area contributed by atoms with E-state index >= 15 is 0 Å². The van der Waals surface area contributed by atoms with Gasteiger partial charge in [-0.05, 0) is 51.0 Å². The van der Waals surface area contributed by atoms with Crippen LogP contribution in [0.15, 0.2) is 29.6 Å². The molecule has 1 aromatic carbocycles. The molecule has 0 spiro atoms. The topological polar surface area (TPSA) is 86.8 Å². The van der Waals surface area contributed by atoms with Crippen molar-refractivity contribution in [3.63, 3.8) is 0 Å². The second-order valence-corrected chi connectivity index (χ2v) is 9.92. The Morgan fingerprint density at radius 2 is 1.97 bits per heavy atom. The van der Waals surface area contributed by atoms with Crippen LogP contribution in [0.5, 0.6) is 5.75 Å². The highest BCUT2D eigenvalue weighted by atomic mass is 35.5. The van der Waals surface area contributed by atoms with E-state index in [2.05, 4.69) is 15.7 Å². The zero-order valence-corrected chi connectivity index (χ0v) is 21.4. The molecule has 0 radical (unpaired) electrons. The van der Waals surface area contributed by atoms with Crippen molar-refractivity contribution in [3.8, 4) is 5.75 Å². The van der Waals surface area contributed by atoms with E-state index in [1.807, 2.05) is 17.0 Å². The summed E-state index contributed by atoms with van der Waals surface area (Å²) in [4.78, 5) is 31.9. The number of carbonyl (C=O) groups excluding carboxylic acids is 2. The predicted octanol–water partition coefficient (Wildman–Crippen LogP) is 3.44. The zero-order valence-electron chi connectivity index (χ0n) is 19.1. The molecule has 0 aliphatic carbocycles. The largest absolute Gasteiger partial charge is 0.476 e. The minimum Gasteiger partial charge on any atom is -0.476 e. The number of hydrogen-bond donors (Lipinski definition) is 2. The van der Waals surface area contributed by atoms with Crippen LogP contribution in [0, 0.1) is 0 Å². The molecule has 0 saturated carbocycles. The SMILES string of the molecule is CNC(=S)N(C)NC(=O)c1csc(C2CCN(C(=O)C(C)(C)Oc3ccccc3Cl)CC2)n1. The van der Waals surface area contributed by atoms with Crippen molar-refractivity contribution in [2.45, 2.75) is 38.2 Å². The first kappa shape index (κ1) is 25.2. The molecular formula is C22H28ClN5O3S2. The lowest BCUT2D eigenvalue weighted by molar-refractivity contribution is -0.146. The molecular weight excluding hydrogens is 482 g/mol. The van der Waals surface area contributed by atoms with Gasteiger partial charge in [0.15, 0.2) is 10.7 Å². The summed E-state index contributed by atoms with van der Waals surface area (Å²) in [6.45, 7) is 4.71. The number of hydrazine groups is 1. The van der Waals surface area contributed by atoms with Gasteiger partial charge >= 0.3 is 0 Å². The van der Waals surface area contributed by atoms with E-state index in [0.29, 0.717) is 34.7 Å². The number of nitrogens with one attached hydrogen (secondary N) is 2. The Morgan fingerprint density at radius 1 is 1.30 bits per heavy atom. The molecule has 3 rings (SSSR count). The molecule has 11 heteroatoms. The molecule has 1 aliphatic rings. The summed E-state index contributed by atoms with van der Waals surface area (Å²) in [5.41, 5.74) is 2.00. The van der Waals surface area contributed by atoms with Gasteiger partial charge in [-0.1, -0.05) is 23.7 Å². The van der Waals surface area contributed by atoms with Gasteiger partial charge < -0.3 is 15.0 Å². The normalized spacial score (nSPS) is 14.5. The molecule has 2 aromatic rings. The van der Waals surface area contributed by atoms with E-state index in [1.165, 1.54) is 16.3 Å². The minimum absolute atomic E-state index is 0.0800. The van der Waals surface area contributed by atoms with Crippen molar-refractivity contribution in [1.29, 1.82) is 0 Å². The number of benzene rings is 1. The van der Waals surface area contributed by atoms with Crippen LogP contribution in [0.3, 0.4) is 0 Å². The quantitative estimate of drug-likeness (QED) is 0.471. The van der Waals surface area contributed by atoms with E-state index in [0.717, 1.165) is 17.8 Å². The second-order valence-electron chi connectivity index (χ2n) is 8.24. The van der Waals surface area contributed by atoms with E-state index < -0.39 is 5.60 Å². The predicted molar refractivity (Wildman–Crippen MR) is 134 cm³/mol. The number of amides is 2.